The summed E-state index contributed by atoms with van der Waals surface area (Å²) >= 11 is 0. The lowest BCUT2D eigenvalue weighted by atomic mass is 10.0. The molecule has 2 aromatic heterocycles. The molecule has 0 saturated carbocycles. The van der Waals surface area contributed by atoms with E-state index < -0.39 is 17.5 Å². The molecule has 1 aromatic carbocycles. The maximum Gasteiger partial charge on any atom is 0.280 e. The molecule has 1 fully saturated rings. The van der Waals surface area contributed by atoms with Gasteiger partial charge in [0.15, 0.2) is 5.65 Å². The average molecular weight is 359 g/mol. The molecule has 0 aliphatic carbocycles. The highest BCUT2D eigenvalue weighted by atomic mass is 19.1. The molecule has 4 rings (SSSR count). The summed E-state index contributed by atoms with van der Waals surface area (Å²) in [6.07, 6.45) is 4.39. The number of anilines is 1. The molecule has 1 aliphatic heterocycles. The first-order valence-corrected chi connectivity index (χ1v) is 8.09. The second kappa shape index (κ2) is 6.34. The van der Waals surface area contributed by atoms with Crippen LogP contribution in [0.5, 0.6) is 0 Å². The van der Waals surface area contributed by atoms with Crippen molar-refractivity contribution in [2.75, 3.05) is 11.4 Å². The Kier molecular flexibility index (Phi) is 4.00. The predicted octanol–water partition coefficient (Wildman–Crippen LogP) is 2.47. The number of nitrogens with zero attached hydrogens (tertiary/aromatic N) is 4. The molecule has 0 spiro atoms. The van der Waals surface area contributed by atoms with Crippen molar-refractivity contribution in [2.45, 2.75) is 18.9 Å². The highest BCUT2D eigenvalue weighted by Gasteiger charge is 2.30. The molecule has 1 atom stereocenters. The minimum absolute atomic E-state index is 0.113. The number of amides is 1. The molecule has 26 heavy (non-hydrogen) atoms. The fraction of sp³-hybridized carbons (Fsp3) is 0.235. The Morgan fingerprint density at radius 3 is 2.96 bits per heavy atom. The van der Waals surface area contributed by atoms with E-state index >= 15 is 0 Å². The zero-order chi connectivity index (χ0) is 18.3. The lowest BCUT2D eigenvalue weighted by molar-refractivity contribution is 0.0708. The Hall–Kier alpha value is -3.07. The molecule has 2 N–H and O–H groups in total. The van der Waals surface area contributed by atoms with Crippen molar-refractivity contribution in [2.24, 2.45) is 0 Å². The zero-order valence-corrected chi connectivity index (χ0v) is 13.6. The standard InChI is InChI=1S/C17H15F2N5O2/c18-10-3-4-13(19)11(8-10)14-2-1-6-23(14)15-5-7-24-16(21-15)12(9-20-24)17(25)22-26/h3-5,7-9,14,26H,1-2,6H2,(H,22,25). The second-order valence-electron chi connectivity index (χ2n) is 6.07. The third-order valence-electron chi connectivity index (χ3n) is 4.56. The molecule has 1 saturated heterocycles. The number of aromatic nitrogens is 3. The minimum atomic E-state index is -0.723. The molecule has 3 aromatic rings. The number of halogens is 2. The van der Waals surface area contributed by atoms with Crippen LogP contribution in [0.1, 0.15) is 34.8 Å². The first kappa shape index (κ1) is 16.4. The van der Waals surface area contributed by atoms with Gasteiger partial charge >= 0.3 is 0 Å². The van der Waals surface area contributed by atoms with Gasteiger partial charge in [-0.05, 0) is 37.1 Å². The molecule has 1 amide bonds. The van der Waals surface area contributed by atoms with Gasteiger partial charge < -0.3 is 4.90 Å². The number of hydroxylamine groups is 1. The molecular formula is C17H15F2N5O2. The van der Waals surface area contributed by atoms with Crippen molar-refractivity contribution in [3.05, 3.63) is 59.4 Å². The molecule has 0 radical (unpaired) electrons. The Balaban J connectivity index is 1.76. The van der Waals surface area contributed by atoms with Crippen LogP contribution in [-0.2, 0) is 0 Å². The SMILES string of the molecule is O=C(NO)c1cnn2ccc(N3CCCC3c3cc(F)ccc3F)nc12. The lowest BCUT2D eigenvalue weighted by Gasteiger charge is -2.26. The molecule has 1 aliphatic rings. The van der Waals surface area contributed by atoms with Crippen molar-refractivity contribution < 1.29 is 18.8 Å². The fourth-order valence-corrected chi connectivity index (χ4v) is 3.37. The van der Waals surface area contributed by atoms with Gasteiger partial charge in [-0.2, -0.15) is 5.10 Å². The second-order valence-corrected chi connectivity index (χ2v) is 6.07. The van der Waals surface area contributed by atoms with Crippen LogP contribution in [0.2, 0.25) is 0 Å². The van der Waals surface area contributed by atoms with Crippen LogP contribution in [0.25, 0.3) is 5.65 Å². The van der Waals surface area contributed by atoms with Gasteiger partial charge in [-0.25, -0.2) is 23.8 Å². The molecule has 0 bridgehead atoms. The van der Waals surface area contributed by atoms with E-state index in [4.69, 9.17) is 5.21 Å². The maximum atomic E-state index is 14.2. The topological polar surface area (TPSA) is 82.8 Å². The fourth-order valence-electron chi connectivity index (χ4n) is 3.37. The number of carbonyl (C=O) groups is 1. The quantitative estimate of drug-likeness (QED) is 0.555. The van der Waals surface area contributed by atoms with Crippen LogP contribution in [0.3, 0.4) is 0 Å². The molecule has 7 nitrogen and oxygen atoms in total. The van der Waals surface area contributed by atoms with Gasteiger partial charge in [0, 0.05) is 18.3 Å². The highest BCUT2D eigenvalue weighted by Crippen LogP contribution is 2.36. The van der Waals surface area contributed by atoms with Gasteiger partial charge in [0.25, 0.3) is 5.91 Å². The number of fused-ring (bicyclic) bond motifs is 1. The van der Waals surface area contributed by atoms with Crippen LogP contribution >= 0.6 is 0 Å². The van der Waals surface area contributed by atoms with E-state index in [-0.39, 0.29) is 22.8 Å². The summed E-state index contributed by atoms with van der Waals surface area (Å²) in [5.41, 5.74) is 2.22. The Bertz CT molecular complexity index is 990. The van der Waals surface area contributed by atoms with E-state index in [2.05, 4.69) is 10.1 Å². The summed E-state index contributed by atoms with van der Waals surface area (Å²) in [4.78, 5) is 18.1. The summed E-state index contributed by atoms with van der Waals surface area (Å²) in [7, 11) is 0. The molecular weight excluding hydrogens is 344 g/mol. The first-order valence-electron chi connectivity index (χ1n) is 8.09. The van der Waals surface area contributed by atoms with E-state index in [1.807, 2.05) is 4.90 Å². The Labute approximate surface area is 146 Å². The van der Waals surface area contributed by atoms with Gasteiger partial charge in [0.2, 0.25) is 0 Å². The van der Waals surface area contributed by atoms with Crippen LogP contribution in [0, 0.1) is 11.6 Å². The molecule has 9 heteroatoms. The van der Waals surface area contributed by atoms with Gasteiger partial charge in [0.05, 0.1) is 12.2 Å². The van der Waals surface area contributed by atoms with Gasteiger partial charge in [-0.1, -0.05) is 0 Å². The summed E-state index contributed by atoms with van der Waals surface area (Å²) in [6.45, 7) is 0.624. The Morgan fingerprint density at radius 2 is 2.15 bits per heavy atom. The van der Waals surface area contributed by atoms with Crippen molar-refractivity contribution >= 4 is 17.4 Å². The van der Waals surface area contributed by atoms with Crippen LogP contribution < -0.4 is 10.4 Å². The smallest absolute Gasteiger partial charge is 0.280 e. The monoisotopic (exact) mass is 359 g/mol. The number of benzene rings is 1. The highest BCUT2D eigenvalue weighted by molar-refractivity contribution is 5.99. The molecule has 134 valence electrons. The van der Waals surface area contributed by atoms with Gasteiger partial charge in [-0.3, -0.25) is 10.0 Å². The van der Waals surface area contributed by atoms with Crippen LogP contribution in [-0.4, -0.2) is 32.3 Å². The minimum Gasteiger partial charge on any atom is -0.349 e. The lowest BCUT2D eigenvalue weighted by Crippen LogP contribution is -2.25. The predicted molar refractivity (Wildman–Crippen MR) is 87.9 cm³/mol. The van der Waals surface area contributed by atoms with Crippen molar-refractivity contribution in [1.29, 1.82) is 0 Å². The summed E-state index contributed by atoms with van der Waals surface area (Å²) in [6, 6.07) is 4.78. The third kappa shape index (κ3) is 2.66. The normalized spacial score (nSPS) is 17.0. The maximum absolute atomic E-state index is 14.2. The van der Waals surface area contributed by atoms with E-state index in [1.54, 1.807) is 17.7 Å². The van der Waals surface area contributed by atoms with Crippen LogP contribution in [0.4, 0.5) is 14.6 Å². The number of carbonyl (C=O) groups excluding carboxylic acids is 1. The van der Waals surface area contributed by atoms with Gasteiger partial charge in [-0.15, -0.1) is 0 Å². The first-order chi connectivity index (χ1) is 12.6. The average Bonchev–Trinajstić information content (AvgIpc) is 3.29. The molecule has 1 unspecified atom stereocenters. The van der Waals surface area contributed by atoms with Crippen LogP contribution in [0.15, 0.2) is 36.7 Å². The van der Waals surface area contributed by atoms with Gasteiger partial charge in [0.1, 0.15) is 23.0 Å². The largest absolute Gasteiger partial charge is 0.349 e. The number of hydrogen-bond donors (Lipinski definition) is 2. The van der Waals surface area contributed by atoms with E-state index in [9.17, 15) is 13.6 Å². The van der Waals surface area contributed by atoms with Crippen molar-refractivity contribution in [3.63, 3.8) is 0 Å². The van der Waals surface area contributed by atoms with E-state index in [1.165, 1.54) is 16.8 Å². The third-order valence-corrected chi connectivity index (χ3v) is 4.56. The molecule has 3 heterocycles. The van der Waals surface area contributed by atoms with E-state index in [0.29, 0.717) is 18.8 Å². The van der Waals surface area contributed by atoms with Crippen molar-refractivity contribution in [1.82, 2.24) is 20.1 Å². The summed E-state index contributed by atoms with van der Waals surface area (Å²) < 4.78 is 29.2. The number of nitrogens with one attached hydrogen (secondary N) is 1. The zero-order valence-electron chi connectivity index (χ0n) is 13.6. The number of rotatable bonds is 3. The Morgan fingerprint density at radius 1 is 1.31 bits per heavy atom. The summed E-state index contributed by atoms with van der Waals surface area (Å²) in [5, 5.41) is 12.9. The number of hydrogen-bond acceptors (Lipinski definition) is 5. The van der Waals surface area contributed by atoms with E-state index in [0.717, 1.165) is 18.6 Å². The van der Waals surface area contributed by atoms with Crippen molar-refractivity contribution in [3.8, 4) is 0 Å². The summed E-state index contributed by atoms with van der Waals surface area (Å²) in [5.74, 6) is -1.15.